The van der Waals surface area contributed by atoms with E-state index in [1.807, 2.05) is 6.07 Å². The largest absolute Gasteiger partial charge is 0.453 e. The number of ketones is 1. The van der Waals surface area contributed by atoms with Crippen LogP contribution in [0.3, 0.4) is 0 Å². The summed E-state index contributed by atoms with van der Waals surface area (Å²) in [7, 11) is 1.72. The van der Waals surface area contributed by atoms with Crippen LogP contribution < -0.4 is 4.74 Å². The minimum absolute atomic E-state index is 0.0242. The fourth-order valence-corrected chi connectivity index (χ4v) is 6.23. The average Bonchev–Trinajstić information content (AvgIpc) is 3.44. The molecule has 0 spiro atoms. The second-order valence-corrected chi connectivity index (χ2v) is 12.0. The molecule has 0 aliphatic carbocycles. The molecule has 0 fully saturated rings. The molecule has 0 radical (unpaired) electrons. The number of hydrogen-bond donors (Lipinski definition) is 0. The van der Waals surface area contributed by atoms with E-state index in [1.165, 1.54) is 17.7 Å². The molecule has 0 bridgehead atoms. The van der Waals surface area contributed by atoms with E-state index in [0.29, 0.717) is 21.7 Å². The number of nitrogens with zero attached hydrogens (tertiary/aromatic N) is 1. The van der Waals surface area contributed by atoms with E-state index in [4.69, 9.17) is 21.7 Å². The van der Waals surface area contributed by atoms with Crippen molar-refractivity contribution in [1.29, 1.82) is 0 Å². The minimum atomic E-state index is -0.527. The summed E-state index contributed by atoms with van der Waals surface area (Å²) in [5.41, 5.74) is 4.14. The number of ether oxygens (including phenoxy) is 2. The van der Waals surface area contributed by atoms with Crippen LogP contribution >= 0.6 is 23.6 Å². The Morgan fingerprint density at radius 3 is 2.44 bits per heavy atom. The summed E-state index contributed by atoms with van der Waals surface area (Å²) >= 11 is 6.95. The lowest BCUT2D eigenvalue weighted by molar-refractivity contribution is -0.117. The predicted molar refractivity (Wildman–Crippen MR) is 172 cm³/mol. The van der Waals surface area contributed by atoms with E-state index in [1.54, 1.807) is 61.0 Å². The number of aryl methyl sites for hydroxylation is 1. The summed E-state index contributed by atoms with van der Waals surface area (Å²) in [5.74, 6) is -0.506. The second kappa shape index (κ2) is 14.6. The summed E-state index contributed by atoms with van der Waals surface area (Å²) < 4.78 is 41.0. The molecule has 3 aromatic carbocycles. The van der Waals surface area contributed by atoms with Crippen molar-refractivity contribution in [3.05, 3.63) is 113 Å². The van der Waals surface area contributed by atoms with Gasteiger partial charge in [0.2, 0.25) is 0 Å². The molecule has 4 nitrogen and oxygen atoms in total. The van der Waals surface area contributed by atoms with Crippen molar-refractivity contribution in [1.82, 2.24) is 4.98 Å². The number of Topliss-reactive ketones (excluding diaryl/α,β-unsaturated/α-hetero) is 1. The van der Waals surface area contributed by atoms with E-state index >= 15 is 4.39 Å². The predicted octanol–water partition coefficient (Wildman–Crippen LogP) is 9.12. The summed E-state index contributed by atoms with van der Waals surface area (Å²) in [5, 5.41) is 0. The Morgan fingerprint density at radius 2 is 1.67 bits per heavy atom. The van der Waals surface area contributed by atoms with Gasteiger partial charge in [0.1, 0.15) is 17.3 Å². The lowest BCUT2D eigenvalue weighted by Gasteiger charge is -2.10. The van der Waals surface area contributed by atoms with Crippen molar-refractivity contribution in [2.24, 2.45) is 0 Å². The first-order valence-corrected chi connectivity index (χ1v) is 15.3. The highest BCUT2D eigenvalue weighted by atomic mass is 32.1. The molecule has 220 valence electrons. The molecule has 0 atom stereocenters. The molecule has 5 aromatic rings. The minimum Gasteiger partial charge on any atom is -0.453 e. The lowest BCUT2D eigenvalue weighted by Crippen LogP contribution is -2.11. The maximum absolute atomic E-state index is 15.1. The third kappa shape index (κ3) is 8.16. The van der Waals surface area contributed by atoms with Crippen molar-refractivity contribution < 1.29 is 23.0 Å². The summed E-state index contributed by atoms with van der Waals surface area (Å²) in [6.45, 7) is 0.779. The van der Waals surface area contributed by atoms with E-state index < -0.39 is 11.6 Å². The molecule has 0 saturated heterocycles. The van der Waals surface area contributed by atoms with Gasteiger partial charge in [-0.1, -0.05) is 60.7 Å². The number of methoxy groups -OCH3 is 1. The SMILES string of the molecule is COCCCCc1ccc(-c2cc3nccc(Oc4ccc(CC(=S)CC(=O)Cc5ccccc5F)cc4F)c3s2)cc1. The van der Waals surface area contributed by atoms with Crippen LogP contribution in [0, 0.1) is 11.6 Å². The molecule has 0 unspecified atom stereocenters. The first-order valence-electron chi connectivity index (χ1n) is 14.1. The number of benzene rings is 3. The van der Waals surface area contributed by atoms with Gasteiger partial charge in [0.15, 0.2) is 11.6 Å². The maximum Gasteiger partial charge on any atom is 0.166 e. The monoisotopic (exact) mass is 615 g/mol. The van der Waals surface area contributed by atoms with E-state index in [-0.39, 0.29) is 30.8 Å². The summed E-state index contributed by atoms with van der Waals surface area (Å²) in [6, 6.07) is 23.2. The molecule has 0 amide bonds. The molecular weight excluding hydrogens is 585 g/mol. The highest BCUT2D eigenvalue weighted by Crippen LogP contribution is 2.39. The Morgan fingerprint density at radius 1 is 0.884 bits per heavy atom. The second-order valence-electron chi connectivity index (χ2n) is 10.3. The van der Waals surface area contributed by atoms with Crippen molar-refractivity contribution in [2.45, 2.75) is 38.5 Å². The Labute approximate surface area is 259 Å². The van der Waals surface area contributed by atoms with Gasteiger partial charge in [0, 0.05) is 55.0 Å². The summed E-state index contributed by atoms with van der Waals surface area (Å²) in [4.78, 5) is 18.4. The van der Waals surface area contributed by atoms with Gasteiger partial charge in [-0.3, -0.25) is 9.78 Å². The fourth-order valence-electron chi connectivity index (χ4n) is 4.83. The van der Waals surface area contributed by atoms with Gasteiger partial charge in [0.25, 0.3) is 0 Å². The number of aromatic nitrogens is 1. The number of thiocarbonyl (C=S) groups is 1. The zero-order valence-corrected chi connectivity index (χ0v) is 25.4. The van der Waals surface area contributed by atoms with Crippen molar-refractivity contribution in [3.8, 4) is 21.9 Å². The number of thiophene rings is 1. The number of pyridine rings is 1. The number of unbranched alkanes of at least 4 members (excludes halogenated alkanes) is 1. The lowest BCUT2D eigenvalue weighted by atomic mass is 10.0. The zero-order valence-electron chi connectivity index (χ0n) is 23.8. The number of hydrogen-bond acceptors (Lipinski definition) is 6. The third-order valence-electron chi connectivity index (χ3n) is 7.04. The molecule has 43 heavy (non-hydrogen) atoms. The van der Waals surface area contributed by atoms with Crippen molar-refractivity contribution in [2.75, 3.05) is 13.7 Å². The van der Waals surface area contributed by atoms with Crippen LogP contribution in [-0.4, -0.2) is 29.3 Å². The quantitative estimate of drug-likeness (QED) is 0.0921. The van der Waals surface area contributed by atoms with Crippen LogP contribution in [0.1, 0.15) is 36.0 Å². The van der Waals surface area contributed by atoms with Gasteiger partial charge in [-0.25, -0.2) is 8.78 Å². The van der Waals surface area contributed by atoms with Gasteiger partial charge in [-0.05, 0) is 65.8 Å². The molecular formula is C35H31F2NO3S2. The molecule has 0 aliphatic heterocycles. The van der Waals surface area contributed by atoms with Gasteiger partial charge in [-0.2, -0.15) is 0 Å². The highest BCUT2D eigenvalue weighted by molar-refractivity contribution is 7.80. The van der Waals surface area contributed by atoms with E-state index in [2.05, 4.69) is 29.2 Å². The number of halogens is 2. The summed E-state index contributed by atoms with van der Waals surface area (Å²) in [6.07, 6.45) is 5.05. The fraction of sp³-hybridized carbons (Fsp3) is 0.229. The van der Waals surface area contributed by atoms with Gasteiger partial charge in [-0.15, -0.1) is 11.3 Å². The van der Waals surface area contributed by atoms with Crippen LogP contribution in [-0.2, 0) is 28.8 Å². The Kier molecular flexibility index (Phi) is 10.4. The van der Waals surface area contributed by atoms with Gasteiger partial charge >= 0.3 is 0 Å². The van der Waals surface area contributed by atoms with Gasteiger partial charge < -0.3 is 9.47 Å². The van der Waals surface area contributed by atoms with Crippen molar-refractivity contribution >= 4 is 44.4 Å². The Hall–Kier alpha value is -3.85. The first-order chi connectivity index (χ1) is 20.9. The van der Waals surface area contributed by atoms with Crippen molar-refractivity contribution in [3.63, 3.8) is 0 Å². The molecule has 0 aliphatic rings. The van der Waals surface area contributed by atoms with Crippen LogP contribution in [0.5, 0.6) is 11.5 Å². The molecule has 0 N–H and O–H groups in total. The van der Waals surface area contributed by atoms with E-state index in [9.17, 15) is 9.18 Å². The standard InChI is InChI=1S/C35H31F2NO3S2/c1-40-17-5-4-6-23-9-12-25(13-10-23)34-22-31-35(43-34)33(15-16-38-31)41-32-14-11-24(19-30(32)37)18-28(42)21-27(39)20-26-7-2-3-8-29(26)36/h2-3,7-16,19,22H,4-6,17-18,20-21H2,1H3. The molecule has 0 saturated carbocycles. The Bertz CT molecular complexity index is 1730. The number of rotatable bonds is 14. The van der Waals surface area contributed by atoms with Crippen LogP contribution in [0.2, 0.25) is 0 Å². The Balaban J connectivity index is 1.22. The maximum atomic E-state index is 15.1. The van der Waals surface area contributed by atoms with E-state index in [0.717, 1.165) is 46.5 Å². The number of carbonyl (C=O) groups excluding carboxylic acids is 1. The molecule has 2 heterocycles. The molecule has 8 heteroatoms. The van der Waals surface area contributed by atoms with Gasteiger partial charge in [0.05, 0.1) is 10.2 Å². The average molecular weight is 616 g/mol. The van der Waals surface area contributed by atoms with Crippen LogP contribution in [0.4, 0.5) is 8.78 Å². The number of fused-ring (bicyclic) bond motifs is 1. The number of carbonyl (C=O) groups is 1. The normalized spacial score (nSPS) is 11.1. The molecule has 5 rings (SSSR count). The van der Waals surface area contributed by atoms with Crippen LogP contribution in [0.15, 0.2) is 85.1 Å². The first kappa shape index (κ1) is 30.6. The zero-order chi connectivity index (χ0) is 30.2. The third-order valence-corrected chi connectivity index (χ3v) is 8.51. The smallest absolute Gasteiger partial charge is 0.166 e. The molecule has 2 aromatic heterocycles. The topological polar surface area (TPSA) is 48.4 Å². The highest BCUT2D eigenvalue weighted by Gasteiger charge is 2.15. The van der Waals surface area contributed by atoms with Crippen LogP contribution in [0.25, 0.3) is 20.7 Å².